The van der Waals surface area contributed by atoms with Crippen LogP contribution in [0.4, 0.5) is 13.2 Å². The van der Waals surface area contributed by atoms with Crippen molar-refractivity contribution in [3.05, 3.63) is 48.8 Å². The van der Waals surface area contributed by atoms with Crippen LogP contribution in [0.5, 0.6) is 5.75 Å². The van der Waals surface area contributed by atoms with E-state index in [9.17, 15) is 17.4 Å². The minimum Gasteiger partial charge on any atom is -0.410 e. The van der Waals surface area contributed by atoms with Gasteiger partial charge in [-0.15, -0.1) is 18.3 Å². The first kappa shape index (κ1) is 18.2. The number of aromatic nitrogens is 4. The summed E-state index contributed by atoms with van der Waals surface area (Å²) in [6.45, 7) is 0. The second-order valence-corrected chi connectivity index (χ2v) is 6.94. The highest BCUT2D eigenvalue weighted by Crippen LogP contribution is 2.27. The van der Waals surface area contributed by atoms with Gasteiger partial charge in [-0.25, -0.2) is 9.19 Å². The van der Waals surface area contributed by atoms with E-state index >= 15 is 0 Å². The van der Waals surface area contributed by atoms with E-state index in [2.05, 4.69) is 19.9 Å². The molecule has 0 aliphatic carbocycles. The fourth-order valence-electron chi connectivity index (χ4n) is 2.60. The van der Waals surface area contributed by atoms with Crippen LogP contribution in [0.3, 0.4) is 0 Å². The number of nitrogens with zero attached hydrogens (tertiary/aromatic N) is 4. The van der Waals surface area contributed by atoms with Crippen LogP contribution in [-0.2, 0) is 10.8 Å². The van der Waals surface area contributed by atoms with Gasteiger partial charge in [-0.2, -0.15) is 0 Å². The van der Waals surface area contributed by atoms with Gasteiger partial charge in [0.2, 0.25) is 5.89 Å². The van der Waals surface area contributed by atoms with E-state index in [1.165, 1.54) is 30.5 Å². The molecule has 7 nitrogen and oxygen atoms in total. The number of hydrogen-bond acceptors (Lipinski definition) is 6. The van der Waals surface area contributed by atoms with Crippen LogP contribution in [-0.4, -0.2) is 36.6 Å². The minimum atomic E-state index is -4.75. The summed E-state index contributed by atoms with van der Waals surface area (Å²) in [4.78, 5) is 4.28. The minimum absolute atomic E-state index is 0.0175. The lowest BCUT2D eigenvalue weighted by atomic mass is 10.2. The second-order valence-electron chi connectivity index (χ2n) is 5.69. The molecule has 1 atom stereocenters. The summed E-state index contributed by atoms with van der Waals surface area (Å²) in [6.07, 6.45) is -1.76. The van der Waals surface area contributed by atoms with Crippen LogP contribution in [0, 0.1) is 0 Å². The van der Waals surface area contributed by atoms with Crippen LogP contribution < -0.4 is 4.74 Å². The highest BCUT2D eigenvalue weighted by molar-refractivity contribution is 7.84. The summed E-state index contributed by atoms with van der Waals surface area (Å²) >= 11 is 0. The number of halogens is 3. The van der Waals surface area contributed by atoms with Crippen molar-refractivity contribution in [3.8, 4) is 22.9 Å². The van der Waals surface area contributed by atoms with E-state index in [0.717, 1.165) is 0 Å². The Balaban J connectivity index is 1.71. The van der Waals surface area contributed by atoms with Crippen molar-refractivity contribution in [2.24, 2.45) is 0 Å². The third-order valence-corrected chi connectivity index (χ3v) is 4.45. The predicted octanol–water partition coefficient (Wildman–Crippen LogP) is 3.71. The molecule has 11 heteroatoms. The van der Waals surface area contributed by atoms with E-state index in [1.807, 2.05) is 0 Å². The summed E-state index contributed by atoms with van der Waals surface area (Å²) in [6, 6.07) is 10.6. The zero-order chi connectivity index (χ0) is 19.9. The average Bonchev–Trinajstić information content (AvgIpc) is 3.28. The van der Waals surface area contributed by atoms with E-state index in [-0.39, 0.29) is 16.9 Å². The number of hydrogen-bond donors (Lipinski definition) is 0. The summed E-state index contributed by atoms with van der Waals surface area (Å²) in [5, 5.41) is 7.64. The molecular weight excluding hydrogens is 397 g/mol. The van der Waals surface area contributed by atoms with Crippen LogP contribution in [0.1, 0.15) is 0 Å². The maximum absolute atomic E-state index is 12.3. The van der Waals surface area contributed by atoms with Crippen LogP contribution in [0.15, 0.2) is 58.4 Å². The van der Waals surface area contributed by atoms with E-state index in [0.29, 0.717) is 22.3 Å². The summed E-state index contributed by atoms with van der Waals surface area (Å²) in [5.41, 5.74) is 2.53. The molecule has 0 amide bonds. The lowest BCUT2D eigenvalue weighted by molar-refractivity contribution is -0.274. The maximum atomic E-state index is 12.3. The van der Waals surface area contributed by atoms with E-state index in [1.54, 1.807) is 29.1 Å². The molecule has 2 heterocycles. The SMILES string of the molecule is CS(=O)c1nnc(-c2ccc3ncn(-c4ccc(OC(F)(F)F)cc4)c3c2)o1. The molecule has 0 bridgehead atoms. The maximum Gasteiger partial charge on any atom is 0.573 e. The number of ether oxygens (including phenoxy) is 1. The van der Waals surface area contributed by atoms with Crippen molar-refractivity contribution in [3.63, 3.8) is 0 Å². The Labute approximate surface area is 158 Å². The highest BCUT2D eigenvalue weighted by Gasteiger charge is 2.31. The van der Waals surface area contributed by atoms with Gasteiger partial charge in [0.25, 0.3) is 0 Å². The van der Waals surface area contributed by atoms with Crippen LogP contribution >= 0.6 is 0 Å². The van der Waals surface area contributed by atoms with Crippen molar-refractivity contribution in [1.29, 1.82) is 0 Å². The number of alkyl halides is 3. The van der Waals surface area contributed by atoms with Gasteiger partial charge in [-0.3, -0.25) is 4.57 Å². The van der Waals surface area contributed by atoms with Gasteiger partial charge in [-0.1, -0.05) is 5.10 Å². The van der Waals surface area contributed by atoms with Crippen molar-refractivity contribution >= 4 is 21.8 Å². The van der Waals surface area contributed by atoms with Gasteiger partial charge in [-0.05, 0) is 42.5 Å². The second kappa shape index (κ2) is 6.75. The van der Waals surface area contributed by atoms with Crippen molar-refractivity contribution in [2.75, 3.05) is 6.26 Å². The molecule has 0 fully saturated rings. The number of benzene rings is 2. The molecule has 0 aliphatic heterocycles. The van der Waals surface area contributed by atoms with Gasteiger partial charge in [0.05, 0.1) is 11.0 Å². The van der Waals surface area contributed by atoms with Gasteiger partial charge in [0.15, 0.2) is 0 Å². The van der Waals surface area contributed by atoms with Gasteiger partial charge in [0.1, 0.15) is 22.9 Å². The van der Waals surface area contributed by atoms with Gasteiger partial charge < -0.3 is 9.15 Å². The zero-order valence-electron chi connectivity index (χ0n) is 14.2. The van der Waals surface area contributed by atoms with Crippen molar-refractivity contribution < 1.29 is 26.5 Å². The Morgan fingerprint density at radius 1 is 1.11 bits per heavy atom. The molecule has 4 rings (SSSR count). The van der Waals surface area contributed by atoms with Gasteiger partial charge >= 0.3 is 11.6 Å². The fraction of sp³-hybridized carbons (Fsp3) is 0.118. The smallest absolute Gasteiger partial charge is 0.410 e. The third-order valence-electron chi connectivity index (χ3n) is 3.80. The Kier molecular flexibility index (Phi) is 4.38. The van der Waals surface area contributed by atoms with Gasteiger partial charge in [0, 0.05) is 17.5 Å². The van der Waals surface area contributed by atoms with Crippen molar-refractivity contribution in [2.45, 2.75) is 11.6 Å². The molecule has 144 valence electrons. The average molecular weight is 408 g/mol. The Bertz CT molecular complexity index is 1170. The quantitative estimate of drug-likeness (QED) is 0.512. The predicted molar refractivity (Wildman–Crippen MR) is 93.4 cm³/mol. The summed E-state index contributed by atoms with van der Waals surface area (Å²) < 4.78 is 59.3. The number of imidazole rings is 1. The summed E-state index contributed by atoms with van der Waals surface area (Å²) in [5.74, 6) is -0.110. The van der Waals surface area contributed by atoms with E-state index in [4.69, 9.17) is 4.42 Å². The fourth-order valence-corrected chi connectivity index (χ4v) is 2.95. The molecule has 1 unspecified atom stereocenters. The molecule has 2 aromatic heterocycles. The molecule has 0 saturated carbocycles. The number of fused-ring (bicyclic) bond motifs is 1. The summed E-state index contributed by atoms with van der Waals surface area (Å²) in [7, 11) is -1.39. The van der Waals surface area contributed by atoms with E-state index < -0.39 is 17.2 Å². The standard InChI is InChI=1S/C17H11F3N4O3S/c1-28(25)16-23-22-15(26-16)10-2-7-13-14(8-10)24(9-21-13)11-3-5-12(6-4-11)27-17(18,19)20/h2-9H,1H3. The normalized spacial score (nSPS) is 13.0. The molecule has 0 spiro atoms. The monoisotopic (exact) mass is 408 g/mol. The zero-order valence-corrected chi connectivity index (χ0v) is 15.0. The molecule has 0 N–H and O–H groups in total. The Morgan fingerprint density at radius 3 is 2.50 bits per heavy atom. The first-order chi connectivity index (χ1) is 13.3. The molecule has 0 saturated heterocycles. The highest BCUT2D eigenvalue weighted by atomic mass is 32.2. The Hall–Kier alpha value is -3.21. The van der Waals surface area contributed by atoms with Crippen LogP contribution in [0.2, 0.25) is 0 Å². The lowest BCUT2D eigenvalue weighted by Crippen LogP contribution is -2.17. The largest absolute Gasteiger partial charge is 0.573 e. The molecule has 0 aliphatic rings. The molecular formula is C17H11F3N4O3S. The first-order valence-electron chi connectivity index (χ1n) is 7.81. The third kappa shape index (κ3) is 3.60. The molecule has 2 aromatic carbocycles. The lowest BCUT2D eigenvalue weighted by Gasteiger charge is -2.10. The topological polar surface area (TPSA) is 83.0 Å². The Morgan fingerprint density at radius 2 is 1.86 bits per heavy atom. The number of rotatable bonds is 4. The molecule has 4 aromatic rings. The van der Waals surface area contributed by atoms with Crippen molar-refractivity contribution in [1.82, 2.24) is 19.7 Å². The molecule has 28 heavy (non-hydrogen) atoms. The molecule has 0 radical (unpaired) electrons. The van der Waals surface area contributed by atoms with Crippen LogP contribution in [0.25, 0.3) is 28.2 Å². The first-order valence-corrected chi connectivity index (χ1v) is 9.36.